The summed E-state index contributed by atoms with van der Waals surface area (Å²) in [6.07, 6.45) is 0. The zero-order valence-electron chi connectivity index (χ0n) is 9.68. The predicted molar refractivity (Wildman–Crippen MR) is 62.2 cm³/mol. The highest BCUT2D eigenvalue weighted by atomic mass is 16.3. The fourth-order valence-corrected chi connectivity index (χ4v) is 1.67. The molecule has 0 aliphatic heterocycles. The maximum absolute atomic E-state index is 9.40. The summed E-state index contributed by atoms with van der Waals surface area (Å²) < 4.78 is 1.78. The van der Waals surface area contributed by atoms with Gasteiger partial charge in [-0.25, -0.2) is 4.98 Å². The number of nitrogens with zero attached hydrogens (tertiary/aromatic N) is 3. The molecule has 84 valence electrons. The van der Waals surface area contributed by atoms with Gasteiger partial charge in [-0.1, -0.05) is 26.0 Å². The van der Waals surface area contributed by atoms with Crippen LogP contribution in [0.5, 0.6) is 5.75 Å². The molecule has 0 radical (unpaired) electrons. The summed E-state index contributed by atoms with van der Waals surface area (Å²) >= 11 is 0. The van der Waals surface area contributed by atoms with Crippen LogP contribution in [0.2, 0.25) is 0 Å². The monoisotopic (exact) mass is 217 g/mol. The van der Waals surface area contributed by atoms with Gasteiger partial charge in [0.15, 0.2) is 5.82 Å². The Labute approximate surface area is 94.6 Å². The molecule has 2 aromatic rings. The Morgan fingerprint density at radius 3 is 2.62 bits per heavy atom. The van der Waals surface area contributed by atoms with E-state index in [1.165, 1.54) is 0 Å². The van der Waals surface area contributed by atoms with E-state index in [0.29, 0.717) is 11.7 Å². The van der Waals surface area contributed by atoms with Gasteiger partial charge < -0.3 is 5.11 Å². The highest BCUT2D eigenvalue weighted by Crippen LogP contribution is 2.22. The van der Waals surface area contributed by atoms with Crippen LogP contribution in [0.25, 0.3) is 11.4 Å². The van der Waals surface area contributed by atoms with Gasteiger partial charge in [-0.3, -0.25) is 4.68 Å². The lowest BCUT2D eigenvalue weighted by molar-refractivity contribution is 0.475. The first-order valence-corrected chi connectivity index (χ1v) is 5.28. The summed E-state index contributed by atoms with van der Waals surface area (Å²) in [5.41, 5.74) is 0.836. The van der Waals surface area contributed by atoms with Crippen LogP contribution in [0.3, 0.4) is 0 Å². The highest BCUT2D eigenvalue weighted by Gasteiger charge is 2.11. The lowest BCUT2D eigenvalue weighted by Crippen LogP contribution is -2.00. The highest BCUT2D eigenvalue weighted by molar-refractivity contribution is 5.56. The standard InChI is InChI=1S/C12H15N3O/c1-8(2)12-13-11(14-15(12)3)9-5-4-6-10(16)7-9/h4-8,16H,1-3H3. The third-order valence-electron chi connectivity index (χ3n) is 2.42. The summed E-state index contributed by atoms with van der Waals surface area (Å²) in [6.45, 7) is 4.16. The van der Waals surface area contributed by atoms with Gasteiger partial charge in [-0.05, 0) is 12.1 Å². The van der Waals surface area contributed by atoms with Crippen molar-refractivity contribution >= 4 is 0 Å². The average molecular weight is 217 g/mol. The van der Waals surface area contributed by atoms with Crippen molar-refractivity contribution in [2.24, 2.45) is 7.05 Å². The van der Waals surface area contributed by atoms with E-state index in [0.717, 1.165) is 11.4 Å². The number of aromatic hydroxyl groups is 1. The van der Waals surface area contributed by atoms with E-state index < -0.39 is 0 Å². The van der Waals surface area contributed by atoms with Gasteiger partial charge in [0.1, 0.15) is 11.6 Å². The molecule has 0 saturated heterocycles. The van der Waals surface area contributed by atoms with E-state index in [2.05, 4.69) is 23.9 Å². The van der Waals surface area contributed by atoms with Crippen molar-refractivity contribution in [2.45, 2.75) is 19.8 Å². The van der Waals surface area contributed by atoms with Crippen molar-refractivity contribution in [3.05, 3.63) is 30.1 Å². The Bertz CT molecular complexity index is 503. The third-order valence-corrected chi connectivity index (χ3v) is 2.42. The minimum Gasteiger partial charge on any atom is -0.508 e. The van der Waals surface area contributed by atoms with Crippen LogP contribution in [0, 0.1) is 0 Å². The number of phenols is 1. The third kappa shape index (κ3) is 1.91. The van der Waals surface area contributed by atoms with Crippen LogP contribution in [0.4, 0.5) is 0 Å². The van der Waals surface area contributed by atoms with Crippen LogP contribution in [-0.2, 0) is 7.05 Å². The molecule has 0 bridgehead atoms. The summed E-state index contributed by atoms with van der Waals surface area (Å²) in [5, 5.41) is 13.7. The molecule has 0 saturated carbocycles. The molecule has 0 aliphatic carbocycles. The Morgan fingerprint density at radius 2 is 2.06 bits per heavy atom. The Morgan fingerprint density at radius 1 is 1.31 bits per heavy atom. The number of hydrogen-bond acceptors (Lipinski definition) is 3. The first kappa shape index (κ1) is 10.7. The molecular weight excluding hydrogens is 202 g/mol. The molecule has 0 spiro atoms. The number of aryl methyl sites for hydroxylation is 1. The maximum atomic E-state index is 9.40. The average Bonchev–Trinajstić information content (AvgIpc) is 2.60. The number of aromatic nitrogens is 3. The van der Waals surface area contributed by atoms with Crippen molar-refractivity contribution in [1.82, 2.24) is 14.8 Å². The first-order chi connectivity index (χ1) is 7.58. The van der Waals surface area contributed by atoms with Crippen LogP contribution < -0.4 is 0 Å². The van der Waals surface area contributed by atoms with Gasteiger partial charge in [0, 0.05) is 18.5 Å². The molecule has 0 amide bonds. The molecule has 0 aliphatic rings. The Hall–Kier alpha value is -1.84. The van der Waals surface area contributed by atoms with Crippen LogP contribution >= 0.6 is 0 Å². The predicted octanol–water partition coefficient (Wildman–Crippen LogP) is 2.31. The fraction of sp³-hybridized carbons (Fsp3) is 0.333. The SMILES string of the molecule is CC(C)c1nc(-c2cccc(O)c2)nn1C. The molecule has 16 heavy (non-hydrogen) atoms. The second-order valence-electron chi connectivity index (χ2n) is 4.12. The lowest BCUT2D eigenvalue weighted by Gasteiger charge is -2.00. The number of hydrogen-bond donors (Lipinski definition) is 1. The largest absolute Gasteiger partial charge is 0.508 e. The van der Waals surface area contributed by atoms with Crippen molar-refractivity contribution < 1.29 is 5.11 Å². The van der Waals surface area contributed by atoms with E-state index >= 15 is 0 Å². The molecular formula is C12H15N3O. The van der Waals surface area contributed by atoms with Gasteiger partial charge in [0.05, 0.1) is 0 Å². The zero-order chi connectivity index (χ0) is 11.7. The van der Waals surface area contributed by atoms with E-state index in [9.17, 15) is 5.11 Å². The van der Waals surface area contributed by atoms with E-state index in [1.54, 1.807) is 22.9 Å². The van der Waals surface area contributed by atoms with Gasteiger partial charge in [-0.15, -0.1) is 0 Å². The van der Waals surface area contributed by atoms with E-state index in [-0.39, 0.29) is 5.75 Å². The van der Waals surface area contributed by atoms with Crippen LogP contribution in [0.15, 0.2) is 24.3 Å². The van der Waals surface area contributed by atoms with Crippen molar-refractivity contribution in [3.63, 3.8) is 0 Å². The Balaban J connectivity index is 2.45. The Kier molecular flexibility index (Phi) is 2.64. The van der Waals surface area contributed by atoms with E-state index in [1.807, 2.05) is 13.1 Å². The summed E-state index contributed by atoms with van der Waals surface area (Å²) in [4.78, 5) is 4.46. The minimum atomic E-state index is 0.232. The lowest BCUT2D eigenvalue weighted by atomic mass is 10.2. The molecule has 4 nitrogen and oxygen atoms in total. The molecule has 4 heteroatoms. The van der Waals surface area contributed by atoms with Crippen molar-refractivity contribution in [3.8, 4) is 17.1 Å². The number of benzene rings is 1. The molecule has 1 aromatic heterocycles. The van der Waals surface area contributed by atoms with E-state index in [4.69, 9.17) is 0 Å². The number of phenolic OH excluding ortho intramolecular Hbond substituents is 1. The normalized spacial score (nSPS) is 11.0. The quantitative estimate of drug-likeness (QED) is 0.839. The van der Waals surface area contributed by atoms with Gasteiger partial charge in [-0.2, -0.15) is 5.10 Å². The fourth-order valence-electron chi connectivity index (χ4n) is 1.67. The molecule has 1 aromatic carbocycles. The van der Waals surface area contributed by atoms with Gasteiger partial charge in [0.2, 0.25) is 0 Å². The van der Waals surface area contributed by atoms with Crippen molar-refractivity contribution in [1.29, 1.82) is 0 Å². The summed E-state index contributed by atoms with van der Waals surface area (Å²) in [5.74, 6) is 2.17. The van der Waals surface area contributed by atoms with Crippen LogP contribution in [-0.4, -0.2) is 19.9 Å². The molecule has 0 unspecified atom stereocenters. The minimum absolute atomic E-state index is 0.232. The van der Waals surface area contributed by atoms with Gasteiger partial charge >= 0.3 is 0 Å². The molecule has 1 N–H and O–H groups in total. The molecule has 1 heterocycles. The maximum Gasteiger partial charge on any atom is 0.181 e. The first-order valence-electron chi connectivity index (χ1n) is 5.28. The zero-order valence-corrected chi connectivity index (χ0v) is 9.68. The van der Waals surface area contributed by atoms with Crippen molar-refractivity contribution in [2.75, 3.05) is 0 Å². The number of rotatable bonds is 2. The second kappa shape index (κ2) is 3.96. The molecule has 0 atom stereocenters. The second-order valence-corrected chi connectivity index (χ2v) is 4.12. The molecule has 0 fully saturated rings. The molecule has 2 rings (SSSR count). The van der Waals surface area contributed by atoms with Crippen LogP contribution in [0.1, 0.15) is 25.6 Å². The van der Waals surface area contributed by atoms with Gasteiger partial charge in [0.25, 0.3) is 0 Å². The smallest absolute Gasteiger partial charge is 0.181 e. The summed E-state index contributed by atoms with van der Waals surface area (Å²) in [6, 6.07) is 6.98. The summed E-state index contributed by atoms with van der Waals surface area (Å²) in [7, 11) is 1.88. The topological polar surface area (TPSA) is 50.9 Å².